The first-order chi connectivity index (χ1) is 15.1. The molecule has 0 fully saturated rings. The molecule has 0 radical (unpaired) electrons. The third kappa shape index (κ3) is 4.04. The molecule has 1 amide bonds. The second kappa shape index (κ2) is 8.75. The number of nitrogens with zero attached hydrogens (tertiary/aromatic N) is 2. The highest BCUT2D eigenvalue weighted by Crippen LogP contribution is 2.45. The molecule has 2 aromatic carbocycles. The minimum absolute atomic E-state index is 0.0273. The molecule has 1 unspecified atom stereocenters. The summed E-state index contributed by atoms with van der Waals surface area (Å²) < 4.78 is 11.0. The van der Waals surface area contributed by atoms with E-state index < -0.39 is 23.1 Å². The predicted molar refractivity (Wildman–Crippen MR) is 120 cm³/mol. The predicted octanol–water partition coefficient (Wildman–Crippen LogP) is 4.48. The number of anilines is 1. The molecule has 0 saturated heterocycles. The molecule has 0 bridgehead atoms. The van der Waals surface area contributed by atoms with Gasteiger partial charge in [0.25, 0.3) is 5.91 Å². The van der Waals surface area contributed by atoms with Crippen LogP contribution in [0, 0.1) is 16.7 Å². The van der Waals surface area contributed by atoms with E-state index in [1.165, 1.54) is 12.0 Å². The van der Waals surface area contributed by atoms with E-state index in [9.17, 15) is 14.7 Å². The topological polar surface area (TPSA) is 99.9 Å². The standard InChI is InChI=1S/C25H26N2O5/c1-6-32-19-13-16(9-12-18(19)31-5)21-20(23(29)25(2,3)4)22(28)24(30)27(21)17-10-7-15(14-26)8-11-17/h7-13,21,28H,6H2,1-5H3. The fraction of sp³-hybridized carbons (Fsp3) is 0.320. The Morgan fingerprint density at radius 1 is 1.16 bits per heavy atom. The molecule has 32 heavy (non-hydrogen) atoms. The maximum atomic E-state index is 13.3. The van der Waals surface area contributed by atoms with Gasteiger partial charge >= 0.3 is 0 Å². The number of carbonyl (C=O) groups excluding carboxylic acids is 2. The Kier molecular flexibility index (Phi) is 6.26. The van der Waals surface area contributed by atoms with E-state index in [-0.39, 0.29) is 11.4 Å². The molecule has 7 nitrogen and oxygen atoms in total. The van der Waals surface area contributed by atoms with Gasteiger partial charge in [0, 0.05) is 11.1 Å². The van der Waals surface area contributed by atoms with E-state index in [4.69, 9.17) is 14.7 Å². The number of aliphatic hydroxyl groups is 1. The molecule has 1 N–H and O–H groups in total. The maximum absolute atomic E-state index is 13.3. The van der Waals surface area contributed by atoms with Gasteiger partial charge in [0.2, 0.25) is 0 Å². The average molecular weight is 434 g/mol. The molecular weight excluding hydrogens is 408 g/mol. The SMILES string of the molecule is CCOc1cc(C2C(C(=O)C(C)(C)C)=C(O)C(=O)N2c2ccc(C#N)cc2)ccc1OC. The minimum Gasteiger partial charge on any atom is -0.503 e. The molecule has 166 valence electrons. The number of hydrogen-bond acceptors (Lipinski definition) is 6. The minimum atomic E-state index is -0.868. The Bertz CT molecular complexity index is 1120. The Morgan fingerprint density at radius 3 is 2.34 bits per heavy atom. The number of amides is 1. The summed E-state index contributed by atoms with van der Waals surface area (Å²) in [6, 6.07) is 12.7. The quantitative estimate of drug-likeness (QED) is 0.720. The van der Waals surface area contributed by atoms with Gasteiger partial charge in [0.05, 0.1) is 37.0 Å². The second-order valence-corrected chi connectivity index (χ2v) is 8.42. The molecule has 0 spiro atoms. The summed E-state index contributed by atoms with van der Waals surface area (Å²) in [5, 5.41) is 19.9. The Morgan fingerprint density at radius 2 is 1.81 bits per heavy atom. The Balaban J connectivity index is 2.22. The van der Waals surface area contributed by atoms with Gasteiger partial charge in [-0.3, -0.25) is 14.5 Å². The van der Waals surface area contributed by atoms with Crippen LogP contribution < -0.4 is 14.4 Å². The van der Waals surface area contributed by atoms with E-state index in [0.29, 0.717) is 34.9 Å². The van der Waals surface area contributed by atoms with E-state index in [0.717, 1.165) is 0 Å². The molecular formula is C25H26N2O5. The number of carbonyl (C=O) groups is 2. The number of methoxy groups -OCH3 is 1. The Hall–Kier alpha value is -3.79. The fourth-order valence-corrected chi connectivity index (χ4v) is 3.65. The van der Waals surface area contributed by atoms with Crippen LogP contribution in [0.25, 0.3) is 0 Å². The summed E-state index contributed by atoms with van der Waals surface area (Å²) in [5.41, 5.74) is 0.680. The summed E-state index contributed by atoms with van der Waals surface area (Å²) in [6.45, 7) is 7.45. The number of ketones is 1. The molecule has 1 aliphatic rings. The summed E-state index contributed by atoms with van der Waals surface area (Å²) in [6.07, 6.45) is 0. The number of benzene rings is 2. The zero-order valence-electron chi connectivity index (χ0n) is 18.8. The van der Waals surface area contributed by atoms with Crippen LogP contribution >= 0.6 is 0 Å². The van der Waals surface area contributed by atoms with Crippen LogP contribution in [0.2, 0.25) is 0 Å². The first-order valence-corrected chi connectivity index (χ1v) is 10.3. The van der Waals surface area contributed by atoms with E-state index in [2.05, 4.69) is 0 Å². The van der Waals surface area contributed by atoms with Crippen LogP contribution in [0.3, 0.4) is 0 Å². The third-order valence-electron chi connectivity index (χ3n) is 5.21. The summed E-state index contributed by atoms with van der Waals surface area (Å²) in [5.74, 6) is -0.608. The van der Waals surface area contributed by atoms with Crippen molar-refractivity contribution < 1.29 is 24.2 Å². The number of rotatable bonds is 6. The zero-order valence-corrected chi connectivity index (χ0v) is 18.8. The van der Waals surface area contributed by atoms with Crippen molar-refractivity contribution >= 4 is 17.4 Å². The van der Waals surface area contributed by atoms with Gasteiger partial charge in [0.15, 0.2) is 23.0 Å². The normalized spacial score (nSPS) is 16.2. The lowest BCUT2D eigenvalue weighted by Gasteiger charge is -2.29. The van der Waals surface area contributed by atoms with Gasteiger partial charge in [-0.25, -0.2) is 0 Å². The lowest BCUT2D eigenvalue weighted by Crippen LogP contribution is -2.32. The third-order valence-corrected chi connectivity index (χ3v) is 5.21. The molecule has 3 rings (SSSR count). The number of aliphatic hydroxyl groups excluding tert-OH is 1. The van der Waals surface area contributed by atoms with Crippen molar-refractivity contribution in [2.24, 2.45) is 5.41 Å². The molecule has 2 aromatic rings. The van der Waals surface area contributed by atoms with Crippen LogP contribution in [-0.2, 0) is 9.59 Å². The lowest BCUT2D eigenvalue weighted by molar-refractivity contribution is -0.123. The molecule has 7 heteroatoms. The van der Waals surface area contributed by atoms with Gasteiger partial charge in [-0.1, -0.05) is 26.8 Å². The van der Waals surface area contributed by atoms with Crippen molar-refractivity contribution in [1.82, 2.24) is 0 Å². The Labute approximate surface area is 187 Å². The van der Waals surface area contributed by atoms with E-state index in [1.54, 1.807) is 63.2 Å². The van der Waals surface area contributed by atoms with Crippen LogP contribution in [0.5, 0.6) is 11.5 Å². The first-order valence-electron chi connectivity index (χ1n) is 10.3. The second-order valence-electron chi connectivity index (χ2n) is 8.42. The van der Waals surface area contributed by atoms with Crippen LogP contribution in [-0.4, -0.2) is 30.5 Å². The van der Waals surface area contributed by atoms with Gasteiger partial charge in [-0.05, 0) is 48.9 Å². The van der Waals surface area contributed by atoms with Gasteiger partial charge < -0.3 is 14.6 Å². The number of Topliss-reactive ketones (excluding diaryl/α,β-unsaturated/α-hetero) is 1. The largest absolute Gasteiger partial charge is 0.503 e. The van der Waals surface area contributed by atoms with Gasteiger partial charge in [-0.2, -0.15) is 5.26 Å². The number of nitriles is 1. The smallest absolute Gasteiger partial charge is 0.294 e. The van der Waals surface area contributed by atoms with Crippen molar-refractivity contribution in [2.75, 3.05) is 18.6 Å². The first kappa shape index (κ1) is 22.9. The monoisotopic (exact) mass is 434 g/mol. The molecule has 1 atom stereocenters. The number of ether oxygens (including phenoxy) is 2. The zero-order chi connectivity index (χ0) is 23.6. The van der Waals surface area contributed by atoms with Crippen molar-refractivity contribution in [3.05, 3.63) is 64.9 Å². The van der Waals surface area contributed by atoms with E-state index in [1.807, 2.05) is 13.0 Å². The molecule has 1 aliphatic heterocycles. The molecule has 0 aromatic heterocycles. The molecule has 1 heterocycles. The van der Waals surface area contributed by atoms with Crippen molar-refractivity contribution in [2.45, 2.75) is 33.7 Å². The molecule has 0 aliphatic carbocycles. The van der Waals surface area contributed by atoms with Gasteiger partial charge in [-0.15, -0.1) is 0 Å². The van der Waals surface area contributed by atoms with Crippen LogP contribution in [0.15, 0.2) is 53.8 Å². The van der Waals surface area contributed by atoms with E-state index >= 15 is 0 Å². The lowest BCUT2D eigenvalue weighted by atomic mass is 9.82. The van der Waals surface area contributed by atoms with Crippen molar-refractivity contribution in [3.8, 4) is 17.6 Å². The van der Waals surface area contributed by atoms with Crippen LogP contribution in [0.1, 0.15) is 44.9 Å². The molecule has 0 saturated carbocycles. The number of hydrogen-bond donors (Lipinski definition) is 1. The highest BCUT2D eigenvalue weighted by atomic mass is 16.5. The summed E-state index contributed by atoms with van der Waals surface area (Å²) in [7, 11) is 1.53. The van der Waals surface area contributed by atoms with Crippen molar-refractivity contribution in [3.63, 3.8) is 0 Å². The maximum Gasteiger partial charge on any atom is 0.294 e. The average Bonchev–Trinajstić information content (AvgIpc) is 3.03. The fourth-order valence-electron chi connectivity index (χ4n) is 3.65. The highest BCUT2D eigenvalue weighted by Gasteiger charge is 2.46. The summed E-state index contributed by atoms with van der Waals surface area (Å²) >= 11 is 0. The van der Waals surface area contributed by atoms with Gasteiger partial charge in [0.1, 0.15) is 0 Å². The summed E-state index contributed by atoms with van der Waals surface area (Å²) in [4.78, 5) is 27.9. The van der Waals surface area contributed by atoms with Crippen molar-refractivity contribution in [1.29, 1.82) is 5.26 Å². The highest BCUT2D eigenvalue weighted by molar-refractivity contribution is 6.17. The van der Waals surface area contributed by atoms with Crippen LogP contribution in [0.4, 0.5) is 5.69 Å².